The van der Waals surface area contributed by atoms with Crippen LogP contribution in [-0.4, -0.2) is 28.9 Å². The van der Waals surface area contributed by atoms with Crippen molar-refractivity contribution in [3.63, 3.8) is 0 Å². The molecule has 3 rings (SSSR count). The van der Waals surface area contributed by atoms with Crippen LogP contribution in [0.1, 0.15) is 48.9 Å². The Balaban J connectivity index is 1.68. The Morgan fingerprint density at radius 2 is 1.90 bits per heavy atom. The smallest absolute Gasteiger partial charge is 0.255 e. The van der Waals surface area contributed by atoms with Gasteiger partial charge in [0.1, 0.15) is 5.82 Å². The maximum Gasteiger partial charge on any atom is 0.255 e. The minimum atomic E-state index is 0.0206. The van der Waals surface area contributed by atoms with Crippen molar-refractivity contribution in [1.82, 2.24) is 9.88 Å². The van der Waals surface area contributed by atoms with Crippen LogP contribution in [0.5, 0.6) is 0 Å². The Kier molecular flexibility index (Phi) is 3.59. The number of carbonyl (C=O) groups is 1. The van der Waals surface area contributed by atoms with Gasteiger partial charge < -0.3 is 10.6 Å². The van der Waals surface area contributed by atoms with E-state index in [9.17, 15) is 4.79 Å². The van der Waals surface area contributed by atoms with Gasteiger partial charge in [0, 0.05) is 19.3 Å². The van der Waals surface area contributed by atoms with Crippen LogP contribution in [0.3, 0.4) is 0 Å². The van der Waals surface area contributed by atoms with Gasteiger partial charge in [-0.05, 0) is 37.2 Å². The fourth-order valence-corrected chi connectivity index (χ4v) is 3.72. The van der Waals surface area contributed by atoms with Crippen molar-refractivity contribution in [2.24, 2.45) is 5.41 Å². The topological polar surface area (TPSA) is 59.2 Å². The molecule has 0 aromatic carbocycles. The molecule has 1 aromatic heterocycles. The summed E-state index contributed by atoms with van der Waals surface area (Å²) in [5.41, 5.74) is 6.63. The van der Waals surface area contributed by atoms with Gasteiger partial charge in [-0.25, -0.2) is 4.98 Å². The number of amides is 1. The summed E-state index contributed by atoms with van der Waals surface area (Å²) in [6, 6.07) is 1.62. The quantitative estimate of drug-likeness (QED) is 0.865. The number of halogens is 1. The zero-order valence-electron chi connectivity index (χ0n) is 11.6. The van der Waals surface area contributed by atoms with Crippen molar-refractivity contribution in [1.29, 1.82) is 0 Å². The van der Waals surface area contributed by atoms with Crippen molar-refractivity contribution in [2.45, 2.75) is 38.5 Å². The molecule has 4 nitrogen and oxygen atoms in total. The molecule has 2 fully saturated rings. The fraction of sp³-hybridized carbons (Fsp3) is 0.600. The third kappa shape index (κ3) is 2.49. The molecule has 1 amide bonds. The zero-order chi connectivity index (χ0) is 14.2. The first-order valence-electron chi connectivity index (χ1n) is 7.30. The van der Waals surface area contributed by atoms with Crippen molar-refractivity contribution in [3.8, 4) is 0 Å². The molecule has 0 atom stereocenters. The summed E-state index contributed by atoms with van der Waals surface area (Å²) in [4.78, 5) is 18.3. The van der Waals surface area contributed by atoms with Gasteiger partial charge in [0.25, 0.3) is 5.91 Å². The molecule has 2 N–H and O–H groups in total. The second-order valence-corrected chi connectivity index (χ2v) is 6.50. The second-order valence-electron chi connectivity index (χ2n) is 6.09. The molecule has 1 aromatic rings. The Bertz CT molecular complexity index is 516. The van der Waals surface area contributed by atoms with E-state index in [-0.39, 0.29) is 11.7 Å². The third-order valence-electron chi connectivity index (χ3n) is 4.89. The highest BCUT2D eigenvalue weighted by molar-refractivity contribution is 6.33. The summed E-state index contributed by atoms with van der Waals surface area (Å²) in [5, 5.41) is 0.347. The Morgan fingerprint density at radius 1 is 1.25 bits per heavy atom. The molecule has 1 saturated carbocycles. The standard InChI is InChI=1S/C15H20ClN3O/c16-12-9-11(10-18-13(12)17)14(20)19-7-5-15(6-8-19)3-1-2-4-15/h9-10H,1-8H2,(H2,17,18). The molecule has 1 aliphatic heterocycles. The molecule has 20 heavy (non-hydrogen) atoms. The third-order valence-corrected chi connectivity index (χ3v) is 5.19. The number of nitrogens with zero attached hydrogens (tertiary/aromatic N) is 2. The van der Waals surface area contributed by atoms with E-state index in [0.717, 1.165) is 25.9 Å². The monoisotopic (exact) mass is 293 g/mol. The summed E-state index contributed by atoms with van der Waals surface area (Å²) in [6.07, 6.45) is 9.17. The molecular weight excluding hydrogens is 274 g/mol. The predicted octanol–water partition coefficient (Wildman–Crippen LogP) is 3.11. The average Bonchev–Trinajstić information content (AvgIpc) is 2.90. The Hall–Kier alpha value is -1.29. The number of anilines is 1. The fourth-order valence-electron chi connectivity index (χ4n) is 3.56. The highest BCUT2D eigenvalue weighted by Gasteiger charge is 2.38. The zero-order valence-corrected chi connectivity index (χ0v) is 12.3. The molecule has 1 spiro atoms. The first kappa shape index (κ1) is 13.7. The van der Waals surface area contributed by atoms with E-state index < -0.39 is 0 Å². The molecular formula is C15H20ClN3O. The minimum absolute atomic E-state index is 0.0206. The maximum atomic E-state index is 12.5. The normalized spacial score (nSPS) is 21.4. The van der Waals surface area contributed by atoms with Crippen LogP contribution in [0, 0.1) is 5.41 Å². The van der Waals surface area contributed by atoms with E-state index >= 15 is 0 Å². The van der Waals surface area contributed by atoms with Crippen LogP contribution in [0.15, 0.2) is 12.3 Å². The Morgan fingerprint density at radius 3 is 2.50 bits per heavy atom. The first-order chi connectivity index (χ1) is 9.60. The van der Waals surface area contributed by atoms with Crippen LogP contribution in [-0.2, 0) is 0 Å². The molecule has 5 heteroatoms. The first-order valence-corrected chi connectivity index (χ1v) is 7.68. The van der Waals surface area contributed by atoms with Gasteiger partial charge in [-0.15, -0.1) is 0 Å². The summed E-state index contributed by atoms with van der Waals surface area (Å²) in [5.74, 6) is 0.291. The van der Waals surface area contributed by atoms with Gasteiger partial charge in [-0.3, -0.25) is 4.79 Å². The molecule has 0 unspecified atom stereocenters. The van der Waals surface area contributed by atoms with E-state index in [1.807, 2.05) is 4.90 Å². The van der Waals surface area contributed by atoms with Gasteiger partial charge >= 0.3 is 0 Å². The summed E-state index contributed by atoms with van der Waals surface area (Å²) in [6.45, 7) is 1.70. The van der Waals surface area contributed by atoms with E-state index in [1.54, 1.807) is 6.07 Å². The van der Waals surface area contributed by atoms with Crippen molar-refractivity contribution in [3.05, 3.63) is 22.8 Å². The average molecular weight is 294 g/mol. The maximum absolute atomic E-state index is 12.5. The van der Waals surface area contributed by atoms with Crippen LogP contribution < -0.4 is 5.73 Å². The number of hydrogen-bond acceptors (Lipinski definition) is 3. The van der Waals surface area contributed by atoms with Gasteiger partial charge in [0.2, 0.25) is 0 Å². The number of nitrogens with two attached hydrogens (primary N) is 1. The SMILES string of the molecule is Nc1ncc(C(=O)N2CCC3(CCCC3)CC2)cc1Cl. The molecule has 0 bridgehead atoms. The Labute approximate surface area is 124 Å². The lowest BCUT2D eigenvalue weighted by Crippen LogP contribution is -2.42. The van der Waals surface area contributed by atoms with Crippen LogP contribution in [0.25, 0.3) is 0 Å². The number of nitrogen functional groups attached to an aromatic ring is 1. The number of hydrogen-bond donors (Lipinski definition) is 1. The van der Waals surface area contributed by atoms with Gasteiger partial charge in [-0.2, -0.15) is 0 Å². The predicted molar refractivity (Wildman–Crippen MR) is 79.7 cm³/mol. The summed E-state index contributed by atoms with van der Waals surface area (Å²) in [7, 11) is 0. The van der Waals surface area contributed by atoms with Crippen LogP contribution in [0.4, 0.5) is 5.82 Å². The van der Waals surface area contributed by atoms with Gasteiger partial charge in [0.05, 0.1) is 10.6 Å². The summed E-state index contributed by atoms with van der Waals surface area (Å²) < 4.78 is 0. The molecule has 108 valence electrons. The number of rotatable bonds is 1. The molecule has 1 saturated heterocycles. The molecule has 2 aliphatic rings. The van der Waals surface area contributed by atoms with Crippen molar-refractivity contribution in [2.75, 3.05) is 18.8 Å². The number of piperidine rings is 1. The summed E-state index contributed by atoms with van der Waals surface area (Å²) >= 11 is 5.94. The lowest BCUT2D eigenvalue weighted by Gasteiger charge is -2.39. The second kappa shape index (κ2) is 5.24. The molecule has 0 radical (unpaired) electrons. The number of likely N-dealkylation sites (tertiary alicyclic amines) is 1. The van der Waals surface area contributed by atoms with Crippen LogP contribution >= 0.6 is 11.6 Å². The van der Waals surface area contributed by atoms with E-state index in [4.69, 9.17) is 17.3 Å². The van der Waals surface area contributed by atoms with Gasteiger partial charge in [0.15, 0.2) is 0 Å². The van der Waals surface area contributed by atoms with E-state index in [2.05, 4.69) is 4.98 Å². The molecule has 2 heterocycles. The lowest BCUT2D eigenvalue weighted by atomic mass is 9.77. The largest absolute Gasteiger partial charge is 0.382 e. The van der Waals surface area contributed by atoms with Crippen LogP contribution in [0.2, 0.25) is 5.02 Å². The minimum Gasteiger partial charge on any atom is -0.382 e. The van der Waals surface area contributed by atoms with Crippen molar-refractivity contribution >= 4 is 23.3 Å². The highest BCUT2D eigenvalue weighted by Crippen LogP contribution is 2.46. The van der Waals surface area contributed by atoms with E-state index in [0.29, 0.717) is 16.0 Å². The molecule has 1 aliphatic carbocycles. The van der Waals surface area contributed by atoms with E-state index in [1.165, 1.54) is 31.9 Å². The van der Waals surface area contributed by atoms with Gasteiger partial charge in [-0.1, -0.05) is 24.4 Å². The lowest BCUT2D eigenvalue weighted by molar-refractivity contribution is 0.0587. The highest BCUT2D eigenvalue weighted by atomic mass is 35.5. The number of pyridine rings is 1. The van der Waals surface area contributed by atoms with Crippen molar-refractivity contribution < 1.29 is 4.79 Å². The number of aromatic nitrogens is 1. The number of carbonyl (C=O) groups excluding carboxylic acids is 1.